The lowest BCUT2D eigenvalue weighted by molar-refractivity contribution is -0.155. The fourth-order valence-corrected chi connectivity index (χ4v) is 9.16. The Labute approximate surface area is 319 Å². The number of ether oxygens (including phenoxy) is 3. The summed E-state index contributed by atoms with van der Waals surface area (Å²) in [5, 5.41) is 7.77. The first-order valence-corrected chi connectivity index (χ1v) is 19.2. The number of halogens is 2. The summed E-state index contributed by atoms with van der Waals surface area (Å²) in [5.74, 6) is 1.07. The van der Waals surface area contributed by atoms with Crippen LogP contribution in [0.3, 0.4) is 0 Å². The van der Waals surface area contributed by atoms with Crippen LogP contribution in [-0.2, 0) is 27.2 Å². The maximum atomic E-state index is 12.2. The molecule has 0 bridgehead atoms. The fraction of sp³-hybridized carbons (Fsp3) is 0.415. The van der Waals surface area contributed by atoms with Gasteiger partial charge in [-0.2, -0.15) is 0 Å². The summed E-state index contributed by atoms with van der Waals surface area (Å²) in [6.45, 7) is 4.30. The van der Waals surface area contributed by atoms with Gasteiger partial charge in [0.1, 0.15) is 0 Å². The Morgan fingerprint density at radius 2 is 1.43 bits per heavy atom. The number of nitrogens with zero attached hydrogens (tertiary/aromatic N) is 3. The van der Waals surface area contributed by atoms with Crippen molar-refractivity contribution in [2.45, 2.75) is 63.6 Å². The molecule has 2 N–H and O–H groups in total. The summed E-state index contributed by atoms with van der Waals surface area (Å²) >= 11 is 14.5. The van der Waals surface area contributed by atoms with Crippen LogP contribution in [0.25, 0.3) is 33.6 Å². The number of methoxy groups -OCH3 is 2. The monoisotopic (exact) mass is 755 g/mol. The fourth-order valence-electron chi connectivity index (χ4n) is 8.51. The van der Waals surface area contributed by atoms with Crippen molar-refractivity contribution in [2.24, 2.45) is 5.92 Å². The number of hydrogen-bond donors (Lipinski definition) is 2. The number of rotatable bonds is 11. The molecular formula is C41H43Cl2N5O5. The van der Waals surface area contributed by atoms with Crippen molar-refractivity contribution in [1.29, 1.82) is 0 Å². The number of benzene rings is 2. The van der Waals surface area contributed by atoms with Crippen LogP contribution in [0.2, 0.25) is 10.0 Å². The molecule has 8 rings (SSSR count). The summed E-state index contributed by atoms with van der Waals surface area (Å²) in [5.41, 5.74) is 9.13. The highest BCUT2D eigenvalue weighted by Crippen LogP contribution is 2.47. The Hall–Kier alpha value is -4.22. The molecule has 0 unspecified atom stereocenters. The molecule has 276 valence electrons. The number of carbonyl (C=O) groups excluding carboxylic acids is 2. The van der Waals surface area contributed by atoms with Crippen LogP contribution in [0.15, 0.2) is 48.5 Å². The highest BCUT2D eigenvalue weighted by molar-refractivity contribution is 6.39. The van der Waals surface area contributed by atoms with Gasteiger partial charge >= 0.3 is 5.97 Å². The first-order chi connectivity index (χ1) is 25.8. The second kappa shape index (κ2) is 14.9. The summed E-state index contributed by atoms with van der Waals surface area (Å²) in [7, 11) is 3.30. The van der Waals surface area contributed by atoms with Gasteiger partial charge < -0.3 is 24.8 Å². The summed E-state index contributed by atoms with van der Waals surface area (Å²) in [4.78, 5) is 36.2. The normalized spacial score (nSPS) is 20.8. The Morgan fingerprint density at radius 3 is 2.02 bits per heavy atom. The second-order valence-electron chi connectivity index (χ2n) is 14.3. The van der Waals surface area contributed by atoms with Crippen LogP contribution in [0, 0.1) is 5.92 Å². The Morgan fingerprint density at radius 1 is 0.849 bits per heavy atom. The minimum Gasteiger partial charge on any atom is -0.481 e. The summed E-state index contributed by atoms with van der Waals surface area (Å²) in [6.07, 6.45) is 5.04. The van der Waals surface area contributed by atoms with Gasteiger partial charge in [-0.1, -0.05) is 59.6 Å². The molecule has 0 spiro atoms. The molecule has 2 aliphatic carbocycles. The number of pyridine rings is 2. The van der Waals surface area contributed by atoms with E-state index < -0.39 is 0 Å². The third-order valence-corrected chi connectivity index (χ3v) is 12.0. The maximum Gasteiger partial charge on any atom is 0.311 e. The van der Waals surface area contributed by atoms with Gasteiger partial charge in [0.15, 0.2) is 0 Å². The molecule has 0 radical (unpaired) electrons. The topological polar surface area (TPSA) is 115 Å². The van der Waals surface area contributed by atoms with Gasteiger partial charge in [0, 0.05) is 77.6 Å². The first kappa shape index (κ1) is 35.8. The number of esters is 1. The zero-order valence-corrected chi connectivity index (χ0v) is 31.6. The number of aromatic nitrogens is 2. The minimum absolute atomic E-state index is 0.0851. The van der Waals surface area contributed by atoms with E-state index in [2.05, 4.69) is 27.7 Å². The second-order valence-corrected chi connectivity index (χ2v) is 15.0. The number of likely N-dealkylation sites (tertiary alicyclic amines) is 1. The van der Waals surface area contributed by atoms with Crippen LogP contribution in [0.1, 0.15) is 66.9 Å². The highest BCUT2D eigenvalue weighted by Gasteiger charge is 2.42. The van der Waals surface area contributed by atoms with Crippen molar-refractivity contribution in [3.8, 4) is 45.4 Å². The number of nitrogens with one attached hydrogen (secondary N) is 2. The molecule has 4 aliphatic rings. The van der Waals surface area contributed by atoms with Gasteiger partial charge in [0.2, 0.25) is 17.7 Å². The molecule has 0 saturated carbocycles. The lowest BCUT2D eigenvalue weighted by atomic mass is 9.95. The molecule has 1 amide bonds. The molecule has 10 nitrogen and oxygen atoms in total. The molecule has 2 saturated heterocycles. The van der Waals surface area contributed by atoms with Crippen molar-refractivity contribution >= 4 is 35.1 Å². The average Bonchev–Trinajstić information content (AvgIpc) is 3.88. The van der Waals surface area contributed by atoms with Crippen LogP contribution in [0.5, 0.6) is 11.8 Å². The average molecular weight is 757 g/mol. The van der Waals surface area contributed by atoms with Crippen LogP contribution in [0.4, 0.5) is 0 Å². The number of hydrogen-bond acceptors (Lipinski definition) is 9. The Bertz CT molecular complexity index is 2090. The van der Waals surface area contributed by atoms with E-state index in [1.165, 1.54) is 11.1 Å². The minimum atomic E-state index is -0.124. The van der Waals surface area contributed by atoms with Gasteiger partial charge in [-0.15, -0.1) is 0 Å². The van der Waals surface area contributed by atoms with E-state index in [0.29, 0.717) is 54.5 Å². The van der Waals surface area contributed by atoms with Crippen LogP contribution >= 0.6 is 23.2 Å². The zero-order valence-electron chi connectivity index (χ0n) is 30.1. The van der Waals surface area contributed by atoms with E-state index in [9.17, 15) is 9.59 Å². The van der Waals surface area contributed by atoms with E-state index in [-0.39, 0.29) is 35.9 Å². The van der Waals surface area contributed by atoms with Gasteiger partial charge in [-0.3, -0.25) is 14.5 Å². The molecular weight excluding hydrogens is 713 g/mol. The molecule has 4 heterocycles. The number of aryl methyl sites for hydroxylation is 2. The standard InChI is InChI=1S/C41H43Cl2N5O5/c1-4-53-41(50)24-20-48(21-24)33-15-12-23-18-32(47-40(52-3)36(23)33)29-10-6-8-27(38(29)43)26-7-5-9-28(37(26)42)31-17-22-11-14-30(35(22)39(46-31)51-2)44-19-25-13-16-34(49)45-25/h5-10,17-18,24-25,30,33,44H,4,11-16,19-21H2,1-3H3,(H,45,49)/t25-,30-,33-/m0/s1. The van der Waals surface area contributed by atoms with E-state index in [0.717, 1.165) is 76.9 Å². The van der Waals surface area contributed by atoms with Gasteiger partial charge in [-0.25, -0.2) is 9.97 Å². The summed E-state index contributed by atoms with van der Waals surface area (Å²) in [6, 6.07) is 16.5. The molecule has 2 fully saturated rings. The van der Waals surface area contributed by atoms with E-state index >= 15 is 0 Å². The van der Waals surface area contributed by atoms with E-state index in [1.807, 2.05) is 43.3 Å². The largest absolute Gasteiger partial charge is 0.481 e. The number of amides is 1. The first-order valence-electron chi connectivity index (χ1n) is 18.4. The van der Waals surface area contributed by atoms with Crippen molar-refractivity contribution in [3.63, 3.8) is 0 Å². The number of carbonyl (C=O) groups is 2. The zero-order chi connectivity index (χ0) is 36.8. The van der Waals surface area contributed by atoms with Gasteiger partial charge in [-0.05, 0) is 62.3 Å². The van der Waals surface area contributed by atoms with E-state index in [4.69, 9.17) is 47.4 Å². The van der Waals surface area contributed by atoms with Crippen molar-refractivity contribution in [3.05, 3.63) is 80.8 Å². The quantitative estimate of drug-likeness (QED) is 0.154. The van der Waals surface area contributed by atoms with Gasteiger partial charge in [0.25, 0.3) is 0 Å². The van der Waals surface area contributed by atoms with Crippen LogP contribution < -0.4 is 20.1 Å². The Kier molecular flexibility index (Phi) is 10.1. The van der Waals surface area contributed by atoms with Gasteiger partial charge in [0.05, 0.1) is 48.2 Å². The highest BCUT2D eigenvalue weighted by atomic mass is 35.5. The SMILES string of the molecule is CCOC(=O)C1CN([C@H]2CCc3cc(-c4cccc(-c5cccc(-c6cc7c(c(OC)n6)[C@@H](NC[C@@H]6CCC(=O)N6)CC7)c5Cl)c4Cl)nc(OC)c32)C1. The van der Waals surface area contributed by atoms with Crippen molar-refractivity contribution in [2.75, 3.05) is 40.5 Å². The molecule has 12 heteroatoms. The van der Waals surface area contributed by atoms with Crippen molar-refractivity contribution in [1.82, 2.24) is 25.5 Å². The molecule has 3 atom stereocenters. The smallest absolute Gasteiger partial charge is 0.311 e. The molecule has 4 aromatic rings. The maximum absolute atomic E-state index is 12.2. The lowest BCUT2D eigenvalue weighted by Crippen LogP contribution is -2.51. The molecule has 2 aromatic carbocycles. The Balaban J connectivity index is 1.06. The molecule has 53 heavy (non-hydrogen) atoms. The predicted molar refractivity (Wildman–Crippen MR) is 204 cm³/mol. The van der Waals surface area contributed by atoms with E-state index in [1.54, 1.807) is 14.2 Å². The predicted octanol–water partition coefficient (Wildman–Crippen LogP) is 7.14. The summed E-state index contributed by atoms with van der Waals surface area (Å²) < 4.78 is 17.0. The van der Waals surface area contributed by atoms with Crippen molar-refractivity contribution < 1.29 is 23.8 Å². The lowest BCUT2D eigenvalue weighted by Gasteiger charge is -2.42. The third kappa shape index (κ3) is 6.64. The molecule has 2 aliphatic heterocycles. The van der Waals surface area contributed by atoms with Crippen LogP contribution in [-0.4, -0.2) is 73.2 Å². The number of fused-ring (bicyclic) bond motifs is 2. The third-order valence-electron chi connectivity index (χ3n) is 11.2. The molecule has 2 aromatic heterocycles.